The number of fused-ring (bicyclic) bond motifs is 1. The Labute approximate surface area is 107 Å². The Bertz CT molecular complexity index is 363. The first-order valence-electron chi connectivity index (χ1n) is 7.15. The van der Waals surface area contributed by atoms with Crippen molar-refractivity contribution in [2.24, 2.45) is 17.8 Å². The van der Waals surface area contributed by atoms with E-state index in [9.17, 15) is 9.59 Å². The van der Waals surface area contributed by atoms with Gasteiger partial charge < -0.3 is 10.4 Å². The lowest BCUT2D eigenvalue weighted by atomic mass is 9.74. The molecule has 4 nitrogen and oxygen atoms in total. The first-order chi connectivity index (χ1) is 8.61. The number of aliphatic carboxylic acids is 1. The molecule has 0 radical (unpaired) electrons. The van der Waals surface area contributed by atoms with E-state index in [1.54, 1.807) is 0 Å². The van der Waals surface area contributed by atoms with Crippen LogP contribution in [-0.4, -0.2) is 22.5 Å². The highest BCUT2D eigenvalue weighted by molar-refractivity contribution is 5.84. The number of carbonyl (C=O) groups is 2. The lowest BCUT2D eigenvalue weighted by Crippen LogP contribution is -2.55. The number of carbonyl (C=O) groups excluding carboxylic acids is 1. The standard InChI is InChI=1S/C14H21NO3/c16-11(17)8-14(6-3-7-14)15-13(18)12-9-4-1-2-5-10(9)12/h9-10,12H,1-8H2,(H,15,18)(H,16,17)/t9-,10+,12?. The quantitative estimate of drug-likeness (QED) is 0.802. The van der Waals surface area contributed by atoms with Crippen LogP contribution in [0.15, 0.2) is 0 Å². The van der Waals surface area contributed by atoms with Gasteiger partial charge in [0.2, 0.25) is 5.91 Å². The Kier molecular flexibility index (Phi) is 2.83. The first-order valence-corrected chi connectivity index (χ1v) is 7.15. The monoisotopic (exact) mass is 251 g/mol. The van der Waals surface area contributed by atoms with Gasteiger partial charge in [-0.15, -0.1) is 0 Å². The molecular formula is C14H21NO3. The van der Waals surface area contributed by atoms with E-state index < -0.39 is 11.5 Å². The second-order valence-electron chi connectivity index (χ2n) is 6.33. The van der Waals surface area contributed by atoms with Crippen molar-refractivity contribution in [1.29, 1.82) is 0 Å². The summed E-state index contributed by atoms with van der Waals surface area (Å²) in [6.07, 6.45) is 7.66. The number of rotatable bonds is 4. The van der Waals surface area contributed by atoms with E-state index >= 15 is 0 Å². The van der Waals surface area contributed by atoms with Gasteiger partial charge in [0.1, 0.15) is 0 Å². The van der Waals surface area contributed by atoms with Crippen LogP contribution in [0.5, 0.6) is 0 Å². The molecular weight excluding hydrogens is 230 g/mol. The van der Waals surface area contributed by atoms with Gasteiger partial charge in [0.15, 0.2) is 0 Å². The van der Waals surface area contributed by atoms with E-state index in [4.69, 9.17) is 5.11 Å². The molecule has 3 saturated carbocycles. The van der Waals surface area contributed by atoms with Crippen molar-refractivity contribution in [1.82, 2.24) is 5.32 Å². The van der Waals surface area contributed by atoms with Crippen LogP contribution in [0.1, 0.15) is 51.4 Å². The zero-order valence-corrected chi connectivity index (χ0v) is 10.7. The van der Waals surface area contributed by atoms with Crippen LogP contribution in [-0.2, 0) is 9.59 Å². The molecule has 0 aromatic carbocycles. The highest BCUT2D eigenvalue weighted by Gasteiger charge is 2.56. The van der Waals surface area contributed by atoms with E-state index in [1.165, 1.54) is 25.7 Å². The summed E-state index contributed by atoms with van der Waals surface area (Å²) in [6.45, 7) is 0. The summed E-state index contributed by atoms with van der Waals surface area (Å²) < 4.78 is 0. The lowest BCUT2D eigenvalue weighted by Gasteiger charge is -2.41. The lowest BCUT2D eigenvalue weighted by molar-refractivity contribution is -0.140. The minimum absolute atomic E-state index is 0.0841. The largest absolute Gasteiger partial charge is 0.481 e. The zero-order valence-electron chi connectivity index (χ0n) is 10.7. The number of carboxylic acids is 1. The molecule has 3 rings (SSSR count). The molecule has 3 aliphatic rings. The molecule has 0 bridgehead atoms. The van der Waals surface area contributed by atoms with Gasteiger partial charge in [-0.1, -0.05) is 12.8 Å². The van der Waals surface area contributed by atoms with Crippen LogP contribution in [0.25, 0.3) is 0 Å². The molecule has 2 N–H and O–H groups in total. The predicted molar refractivity (Wildman–Crippen MR) is 65.9 cm³/mol. The SMILES string of the molecule is O=C(O)CC1(NC(=O)C2[C@H]3CCCC[C@@H]23)CCC1. The Hall–Kier alpha value is -1.06. The van der Waals surface area contributed by atoms with Crippen molar-refractivity contribution >= 4 is 11.9 Å². The summed E-state index contributed by atoms with van der Waals surface area (Å²) in [5.74, 6) is 0.719. The molecule has 0 saturated heterocycles. The number of hydrogen-bond acceptors (Lipinski definition) is 2. The Morgan fingerprint density at radius 3 is 2.17 bits per heavy atom. The third-order valence-electron chi connectivity index (χ3n) is 5.15. The maximum atomic E-state index is 12.3. The molecule has 0 aromatic heterocycles. The maximum Gasteiger partial charge on any atom is 0.305 e. The third kappa shape index (κ3) is 2.02. The van der Waals surface area contributed by atoms with Gasteiger partial charge in [-0.2, -0.15) is 0 Å². The van der Waals surface area contributed by atoms with Crippen molar-refractivity contribution < 1.29 is 14.7 Å². The van der Waals surface area contributed by atoms with E-state index in [0.717, 1.165) is 19.3 Å². The molecule has 0 heterocycles. The molecule has 4 heteroatoms. The maximum absolute atomic E-state index is 12.3. The van der Waals surface area contributed by atoms with Crippen molar-refractivity contribution in [3.05, 3.63) is 0 Å². The van der Waals surface area contributed by atoms with Crippen LogP contribution in [0.3, 0.4) is 0 Å². The normalized spacial score (nSPS) is 36.1. The van der Waals surface area contributed by atoms with E-state index in [-0.39, 0.29) is 18.2 Å². The summed E-state index contributed by atoms with van der Waals surface area (Å²) in [4.78, 5) is 23.1. The van der Waals surface area contributed by atoms with Crippen molar-refractivity contribution in [2.75, 3.05) is 0 Å². The van der Waals surface area contributed by atoms with Crippen LogP contribution < -0.4 is 5.32 Å². The molecule has 18 heavy (non-hydrogen) atoms. The van der Waals surface area contributed by atoms with E-state index in [0.29, 0.717) is 11.8 Å². The van der Waals surface area contributed by atoms with Crippen molar-refractivity contribution in [2.45, 2.75) is 56.9 Å². The van der Waals surface area contributed by atoms with Gasteiger partial charge >= 0.3 is 5.97 Å². The number of nitrogens with one attached hydrogen (secondary N) is 1. The molecule has 0 spiro atoms. The van der Waals surface area contributed by atoms with Crippen LogP contribution in [0.4, 0.5) is 0 Å². The van der Waals surface area contributed by atoms with Crippen LogP contribution >= 0.6 is 0 Å². The topological polar surface area (TPSA) is 66.4 Å². The second-order valence-corrected chi connectivity index (χ2v) is 6.33. The zero-order chi connectivity index (χ0) is 12.8. The summed E-state index contributed by atoms with van der Waals surface area (Å²) in [5, 5.41) is 12.0. The number of hydrogen-bond donors (Lipinski definition) is 2. The van der Waals surface area contributed by atoms with Gasteiger partial charge in [-0.05, 0) is 43.9 Å². The Morgan fingerprint density at radius 1 is 1.11 bits per heavy atom. The summed E-state index contributed by atoms with van der Waals surface area (Å²) >= 11 is 0. The smallest absolute Gasteiger partial charge is 0.305 e. The summed E-state index contributed by atoms with van der Waals surface area (Å²) in [7, 11) is 0. The van der Waals surface area contributed by atoms with Gasteiger partial charge in [-0.3, -0.25) is 9.59 Å². The third-order valence-corrected chi connectivity index (χ3v) is 5.15. The Balaban J connectivity index is 1.59. The molecule has 0 aliphatic heterocycles. The first kappa shape index (κ1) is 12.0. The molecule has 1 amide bonds. The fraction of sp³-hybridized carbons (Fsp3) is 0.857. The van der Waals surface area contributed by atoms with Gasteiger partial charge in [0.05, 0.1) is 12.0 Å². The minimum atomic E-state index is -0.803. The van der Waals surface area contributed by atoms with Crippen LogP contribution in [0, 0.1) is 17.8 Å². The van der Waals surface area contributed by atoms with E-state index in [1.807, 2.05) is 0 Å². The highest BCUT2D eigenvalue weighted by atomic mass is 16.4. The number of amides is 1. The van der Waals surface area contributed by atoms with Gasteiger partial charge in [0.25, 0.3) is 0 Å². The Morgan fingerprint density at radius 2 is 1.72 bits per heavy atom. The fourth-order valence-electron chi connectivity index (χ4n) is 3.96. The molecule has 3 atom stereocenters. The van der Waals surface area contributed by atoms with E-state index in [2.05, 4.69) is 5.32 Å². The predicted octanol–water partition coefficient (Wildman–Crippen LogP) is 1.94. The minimum Gasteiger partial charge on any atom is -0.481 e. The average molecular weight is 251 g/mol. The average Bonchev–Trinajstić information content (AvgIpc) is 2.99. The van der Waals surface area contributed by atoms with Gasteiger partial charge in [0, 0.05) is 5.92 Å². The van der Waals surface area contributed by atoms with Crippen LogP contribution in [0.2, 0.25) is 0 Å². The molecule has 3 aliphatic carbocycles. The second kappa shape index (κ2) is 4.25. The fourth-order valence-corrected chi connectivity index (χ4v) is 3.96. The summed E-state index contributed by atoms with van der Waals surface area (Å²) in [6, 6.07) is 0. The van der Waals surface area contributed by atoms with Crippen molar-refractivity contribution in [3.63, 3.8) is 0 Å². The molecule has 100 valence electrons. The molecule has 0 aromatic rings. The van der Waals surface area contributed by atoms with Gasteiger partial charge in [-0.25, -0.2) is 0 Å². The van der Waals surface area contributed by atoms with Crippen molar-refractivity contribution in [3.8, 4) is 0 Å². The summed E-state index contributed by atoms with van der Waals surface area (Å²) in [5.41, 5.74) is -0.422. The molecule has 1 unspecified atom stereocenters. The number of carboxylic acid groups (broad SMARTS) is 1. The highest BCUT2D eigenvalue weighted by Crippen LogP contribution is 2.55. The molecule has 3 fully saturated rings.